The molecule has 1 rings (SSSR count). The first-order chi connectivity index (χ1) is 8.32. The standard InChI is InChI=1S/C11H14ClN3O3/c1-5(2)8(10(13)16)14-7-4-3-6(12)9(15-7)11(17)18/h3-5,8H,1-2H3,(H2,13,16)(H,14,15)(H,17,18). The Morgan fingerprint density at radius 2 is 2.06 bits per heavy atom. The highest BCUT2D eigenvalue weighted by atomic mass is 35.5. The van der Waals surface area contributed by atoms with Gasteiger partial charge in [0.2, 0.25) is 5.91 Å². The van der Waals surface area contributed by atoms with E-state index >= 15 is 0 Å². The lowest BCUT2D eigenvalue weighted by molar-refractivity contribution is -0.119. The number of aromatic nitrogens is 1. The number of halogens is 1. The van der Waals surface area contributed by atoms with Gasteiger partial charge < -0.3 is 16.2 Å². The average Bonchev–Trinajstić information content (AvgIpc) is 2.26. The summed E-state index contributed by atoms with van der Waals surface area (Å²) in [4.78, 5) is 25.9. The number of nitrogens with zero attached hydrogens (tertiary/aromatic N) is 1. The normalized spacial score (nSPS) is 12.2. The first-order valence-electron chi connectivity index (χ1n) is 5.28. The first kappa shape index (κ1) is 14.2. The third kappa shape index (κ3) is 3.33. The molecular formula is C11H14ClN3O3. The Labute approximate surface area is 109 Å². The molecular weight excluding hydrogens is 258 g/mol. The summed E-state index contributed by atoms with van der Waals surface area (Å²) < 4.78 is 0. The van der Waals surface area contributed by atoms with Crippen molar-refractivity contribution >= 4 is 29.3 Å². The number of nitrogens with two attached hydrogens (primary N) is 1. The molecule has 0 fully saturated rings. The first-order valence-corrected chi connectivity index (χ1v) is 5.66. The van der Waals surface area contributed by atoms with Gasteiger partial charge >= 0.3 is 5.97 Å². The van der Waals surface area contributed by atoms with Crippen molar-refractivity contribution in [3.63, 3.8) is 0 Å². The molecule has 1 heterocycles. The van der Waals surface area contributed by atoms with Crippen LogP contribution < -0.4 is 11.1 Å². The number of primary amides is 1. The Morgan fingerprint density at radius 3 is 2.50 bits per heavy atom. The number of anilines is 1. The van der Waals surface area contributed by atoms with Gasteiger partial charge in [0, 0.05) is 0 Å². The van der Waals surface area contributed by atoms with Gasteiger partial charge in [-0.2, -0.15) is 0 Å². The summed E-state index contributed by atoms with van der Waals surface area (Å²) in [5, 5.41) is 11.7. The highest BCUT2D eigenvalue weighted by Gasteiger charge is 2.20. The SMILES string of the molecule is CC(C)C(Nc1ccc(Cl)c(C(=O)O)n1)C(N)=O. The van der Waals surface area contributed by atoms with E-state index < -0.39 is 17.9 Å². The van der Waals surface area contributed by atoms with Crippen LogP contribution in [0.15, 0.2) is 12.1 Å². The minimum Gasteiger partial charge on any atom is -0.476 e. The zero-order valence-electron chi connectivity index (χ0n) is 9.98. The quantitative estimate of drug-likeness (QED) is 0.750. The van der Waals surface area contributed by atoms with E-state index in [4.69, 9.17) is 22.4 Å². The molecule has 6 nitrogen and oxygen atoms in total. The molecule has 0 radical (unpaired) electrons. The second kappa shape index (κ2) is 5.68. The molecule has 1 aromatic rings. The second-order valence-electron chi connectivity index (χ2n) is 4.10. The van der Waals surface area contributed by atoms with Crippen LogP contribution in [0, 0.1) is 5.92 Å². The van der Waals surface area contributed by atoms with E-state index in [0.29, 0.717) is 0 Å². The second-order valence-corrected chi connectivity index (χ2v) is 4.51. The Hall–Kier alpha value is -1.82. The monoisotopic (exact) mass is 271 g/mol. The minimum absolute atomic E-state index is 0.0354. The molecule has 0 aliphatic carbocycles. The molecule has 18 heavy (non-hydrogen) atoms. The van der Waals surface area contributed by atoms with Crippen molar-refractivity contribution in [2.45, 2.75) is 19.9 Å². The lowest BCUT2D eigenvalue weighted by Crippen LogP contribution is -2.39. The van der Waals surface area contributed by atoms with Crippen LogP contribution in [0.3, 0.4) is 0 Å². The van der Waals surface area contributed by atoms with Crippen LogP contribution in [0.5, 0.6) is 0 Å². The topological polar surface area (TPSA) is 105 Å². The van der Waals surface area contributed by atoms with E-state index in [1.54, 1.807) is 0 Å². The predicted octanol–water partition coefficient (Wildman–Crippen LogP) is 1.35. The average molecular weight is 272 g/mol. The van der Waals surface area contributed by atoms with E-state index in [1.165, 1.54) is 12.1 Å². The van der Waals surface area contributed by atoms with Gasteiger partial charge in [0.05, 0.1) is 5.02 Å². The Balaban J connectivity index is 3.01. The van der Waals surface area contributed by atoms with Gasteiger partial charge in [-0.1, -0.05) is 25.4 Å². The van der Waals surface area contributed by atoms with E-state index in [-0.39, 0.29) is 22.5 Å². The number of nitrogens with one attached hydrogen (secondary N) is 1. The van der Waals surface area contributed by atoms with Crippen molar-refractivity contribution < 1.29 is 14.7 Å². The Bertz CT molecular complexity index is 477. The number of carboxylic acids is 1. The van der Waals surface area contributed by atoms with Gasteiger partial charge in [-0.25, -0.2) is 9.78 Å². The molecule has 0 saturated heterocycles. The minimum atomic E-state index is -1.23. The molecule has 1 atom stereocenters. The number of carbonyl (C=O) groups is 2. The number of rotatable bonds is 5. The van der Waals surface area contributed by atoms with Crippen LogP contribution in [0.2, 0.25) is 5.02 Å². The maximum Gasteiger partial charge on any atom is 0.356 e. The number of hydrogen-bond donors (Lipinski definition) is 3. The lowest BCUT2D eigenvalue weighted by atomic mass is 10.0. The third-order valence-electron chi connectivity index (χ3n) is 2.33. The summed E-state index contributed by atoms with van der Waals surface area (Å²) in [6.07, 6.45) is 0. The van der Waals surface area contributed by atoms with E-state index in [0.717, 1.165) is 0 Å². The van der Waals surface area contributed by atoms with Gasteiger partial charge in [-0.3, -0.25) is 4.79 Å². The maximum atomic E-state index is 11.2. The Morgan fingerprint density at radius 1 is 1.44 bits per heavy atom. The molecule has 1 aromatic heterocycles. The van der Waals surface area contributed by atoms with Crippen molar-refractivity contribution in [3.05, 3.63) is 22.8 Å². The number of hydrogen-bond acceptors (Lipinski definition) is 4. The molecule has 0 spiro atoms. The Kier molecular flexibility index (Phi) is 4.49. The molecule has 1 unspecified atom stereocenters. The van der Waals surface area contributed by atoms with Gasteiger partial charge in [-0.15, -0.1) is 0 Å². The highest BCUT2D eigenvalue weighted by Crippen LogP contribution is 2.18. The molecule has 0 saturated carbocycles. The van der Waals surface area contributed by atoms with Crippen molar-refractivity contribution in [1.29, 1.82) is 0 Å². The van der Waals surface area contributed by atoms with Crippen LogP contribution in [0.4, 0.5) is 5.82 Å². The number of carbonyl (C=O) groups excluding carboxylic acids is 1. The largest absolute Gasteiger partial charge is 0.476 e. The van der Waals surface area contributed by atoms with Crippen LogP contribution in [-0.4, -0.2) is 28.0 Å². The zero-order chi connectivity index (χ0) is 13.9. The third-order valence-corrected chi connectivity index (χ3v) is 2.63. The fourth-order valence-electron chi connectivity index (χ4n) is 1.40. The fourth-order valence-corrected chi connectivity index (χ4v) is 1.58. The highest BCUT2D eigenvalue weighted by molar-refractivity contribution is 6.33. The van der Waals surface area contributed by atoms with Crippen molar-refractivity contribution in [2.24, 2.45) is 11.7 Å². The number of aromatic carboxylic acids is 1. The molecule has 4 N–H and O–H groups in total. The van der Waals surface area contributed by atoms with E-state index in [2.05, 4.69) is 10.3 Å². The van der Waals surface area contributed by atoms with Gasteiger partial charge in [0.1, 0.15) is 11.9 Å². The molecule has 0 aliphatic rings. The lowest BCUT2D eigenvalue weighted by Gasteiger charge is -2.19. The van der Waals surface area contributed by atoms with E-state index in [1.807, 2.05) is 13.8 Å². The van der Waals surface area contributed by atoms with Gasteiger partial charge in [-0.05, 0) is 18.1 Å². The smallest absolute Gasteiger partial charge is 0.356 e. The van der Waals surface area contributed by atoms with E-state index in [9.17, 15) is 9.59 Å². The molecule has 0 bridgehead atoms. The van der Waals surface area contributed by atoms with Crippen LogP contribution >= 0.6 is 11.6 Å². The summed E-state index contributed by atoms with van der Waals surface area (Å²) >= 11 is 5.69. The molecule has 7 heteroatoms. The van der Waals surface area contributed by atoms with Crippen molar-refractivity contribution in [2.75, 3.05) is 5.32 Å². The molecule has 98 valence electrons. The van der Waals surface area contributed by atoms with Crippen molar-refractivity contribution in [1.82, 2.24) is 4.98 Å². The van der Waals surface area contributed by atoms with Crippen LogP contribution in [0.25, 0.3) is 0 Å². The van der Waals surface area contributed by atoms with Crippen molar-refractivity contribution in [3.8, 4) is 0 Å². The summed E-state index contributed by atoms with van der Waals surface area (Å²) in [6, 6.07) is 2.27. The summed E-state index contributed by atoms with van der Waals surface area (Å²) in [7, 11) is 0. The number of carboxylic acid groups (broad SMARTS) is 1. The molecule has 0 aromatic carbocycles. The fraction of sp³-hybridized carbons (Fsp3) is 0.364. The maximum absolute atomic E-state index is 11.2. The summed E-state index contributed by atoms with van der Waals surface area (Å²) in [5.74, 6) is -1.56. The number of amides is 1. The molecule has 1 amide bonds. The summed E-state index contributed by atoms with van der Waals surface area (Å²) in [5.41, 5.74) is 4.97. The molecule has 0 aliphatic heterocycles. The predicted molar refractivity (Wildman–Crippen MR) is 67.6 cm³/mol. The number of pyridine rings is 1. The summed E-state index contributed by atoms with van der Waals surface area (Å²) in [6.45, 7) is 3.63. The zero-order valence-corrected chi connectivity index (χ0v) is 10.7. The van der Waals surface area contributed by atoms with Crippen LogP contribution in [-0.2, 0) is 4.79 Å². The van der Waals surface area contributed by atoms with Gasteiger partial charge in [0.15, 0.2) is 5.69 Å². The van der Waals surface area contributed by atoms with Crippen LogP contribution in [0.1, 0.15) is 24.3 Å². The van der Waals surface area contributed by atoms with Gasteiger partial charge in [0.25, 0.3) is 0 Å².